The first-order chi connectivity index (χ1) is 11.6. The molecule has 3 rings (SSSR count). The highest BCUT2D eigenvalue weighted by Crippen LogP contribution is 2.16. The Balaban J connectivity index is 1.74. The molecule has 1 amide bonds. The molecule has 0 saturated carbocycles. The van der Waals surface area contributed by atoms with E-state index in [1.54, 1.807) is 6.07 Å². The molecule has 0 fully saturated rings. The highest BCUT2D eigenvalue weighted by atomic mass is 19.1. The predicted octanol–water partition coefficient (Wildman–Crippen LogP) is 3.92. The zero-order valence-corrected chi connectivity index (χ0v) is 13.0. The first-order valence-corrected chi connectivity index (χ1v) is 7.33. The number of aryl methyl sites for hydroxylation is 1. The van der Waals surface area contributed by atoms with Gasteiger partial charge in [-0.15, -0.1) is 0 Å². The van der Waals surface area contributed by atoms with Gasteiger partial charge in [0.15, 0.2) is 0 Å². The lowest BCUT2D eigenvalue weighted by atomic mass is 10.2. The summed E-state index contributed by atoms with van der Waals surface area (Å²) >= 11 is 0. The van der Waals surface area contributed by atoms with Gasteiger partial charge < -0.3 is 10.6 Å². The molecule has 0 radical (unpaired) electrons. The number of nitrogens with zero attached hydrogens (tertiary/aromatic N) is 2. The summed E-state index contributed by atoms with van der Waals surface area (Å²) < 4.78 is 12.9. The molecule has 120 valence electrons. The fraction of sp³-hybridized carbons (Fsp3) is 0.0556. The van der Waals surface area contributed by atoms with Crippen LogP contribution in [0.25, 0.3) is 0 Å². The van der Waals surface area contributed by atoms with Gasteiger partial charge in [0.05, 0.1) is 0 Å². The van der Waals surface area contributed by atoms with Gasteiger partial charge in [-0.3, -0.25) is 4.79 Å². The molecule has 0 aliphatic heterocycles. The number of rotatable bonds is 4. The number of carbonyl (C=O) groups is 1. The second kappa shape index (κ2) is 6.87. The van der Waals surface area contributed by atoms with Gasteiger partial charge in [-0.1, -0.05) is 12.1 Å². The first-order valence-electron chi connectivity index (χ1n) is 7.33. The molecule has 0 bridgehead atoms. The third-order valence-corrected chi connectivity index (χ3v) is 3.29. The molecule has 0 spiro atoms. The van der Waals surface area contributed by atoms with Crippen LogP contribution in [0.2, 0.25) is 0 Å². The Morgan fingerprint density at radius 2 is 1.79 bits per heavy atom. The van der Waals surface area contributed by atoms with Gasteiger partial charge in [-0.2, -0.15) is 0 Å². The minimum Gasteiger partial charge on any atom is -0.340 e. The van der Waals surface area contributed by atoms with Gasteiger partial charge in [0.25, 0.3) is 5.91 Å². The Morgan fingerprint density at radius 3 is 2.54 bits per heavy atom. The summed E-state index contributed by atoms with van der Waals surface area (Å²) in [6.45, 7) is 1.99. The van der Waals surface area contributed by atoms with Crippen molar-refractivity contribution in [3.8, 4) is 0 Å². The highest BCUT2D eigenvalue weighted by Gasteiger charge is 2.09. The van der Waals surface area contributed by atoms with Crippen LogP contribution in [0.3, 0.4) is 0 Å². The van der Waals surface area contributed by atoms with E-state index in [0.29, 0.717) is 11.5 Å². The number of aromatic nitrogens is 2. The standard InChI is InChI=1S/C18H15FN4O/c1-12-3-2-4-15(9-12)22-17-10-16(20-11-21-17)18(24)23-14-7-5-13(19)6-8-14/h2-11H,1H3,(H,23,24)(H,20,21,22). The molecule has 6 heteroatoms. The van der Waals surface area contributed by atoms with E-state index in [4.69, 9.17) is 0 Å². The number of hydrogen-bond acceptors (Lipinski definition) is 4. The highest BCUT2D eigenvalue weighted by molar-refractivity contribution is 6.03. The van der Waals surface area contributed by atoms with E-state index < -0.39 is 5.91 Å². The summed E-state index contributed by atoms with van der Waals surface area (Å²) in [5.41, 5.74) is 2.69. The van der Waals surface area contributed by atoms with Crippen LogP contribution in [0.1, 0.15) is 16.1 Å². The maximum atomic E-state index is 12.9. The maximum absolute atomic E-state index is 12.9. The lowest BCUT2D eigenvalue weighted by Gasteiger charge is -2.08. The number of amides is 1. The van der Waals surface area contributed by atoms with Crippen LogP contribution in [-0.2, 0) is 0 Å². The van der Waals surface area contributed by atoms with Gasteiger partial charge in [-0.05, 0) is 48.9 Å². The maximum Gasteiger partial charge on any atom is 0.274 e. The van der Waals surface area contributed by atoms with Crippen LogP contribution in [0.15, 0.2) is 60.9 Å². The summed E-state index contributed by atoms with van der Waals surface area (Å²) in [5, 5.41) is 5.79. The summed E-state index contributed by atoms with van der Waals surface area (Å²) in [6.07, 6.45) is 1.32. The summed E-state index contributed by atoms with van der Waals surface area (Å²) in [4.78, 5) is 20.3. The average molecular weight is 322 g/mol. The van der Waals surface area contributed by atoms with Crippen LogP contribution in [-0.4, -0.2) is 15.9 Å². The van der Waals surface area contributed by atoms with Crippen molar-refractivity contribution in [3.05, 3.63) is 78.0 Å². The average Bonchev–Trinajstić information content (AvgIpc) is 2.57. The number of hydrogen-bond donors (Lipinski definition) is 2. The van der Waals surface area contributed by atoms with Gasteiger partial charge in [0.1, 0.15) is 23.7 Å². The number of anilines is 3. The van der Waals surface area contributed by atoms with Gasteiger partial charge in [0.2, 0.25) is 0 Å². The van der Waals surface area contributed by atoms with Crippen LogP contribution < -0.4 is 10.6 Å². The Bertz CT molecular complexity index is 865. The van der Waals surface area contributed by atoms with Crippen molar-refractivity contribution in [2.45, 2.75) is 6.92 Å². The molecule has 2 N–H and O–H groups in total. The predicted molar refractivity (Wildman–Crippen MR) is 90.8 cm³/mol. The molecule has 0 unspecified atom stereocenters. The lowest BCUT2D eigenvalue weighted by molar-refractivity contribution is 0.102. The van der Waals surface area contributed by atoms with E-state index in [1.807, 2.05) is 31.2 Å². The lowest BCUT2D eigenvalue weighted by Crippen LogP contribution is -2.14. The van der Waals surface area contributed by atoms with Gasteiger partial charge in [0, 0.05) is 17.4 Å². The Kier molecular flexibility index (Phi) is 4.47. The summed E-state index contributed by atoms with van der Waals surface area (Å²) in [5.74, 6) is -0.240. The number of carbonyl (C=O) groups excluding carboxylic acids is 1. The molecule has 0 aliphatic rings. The Labute approximate surface area is 138 Å². The van der Waals surface area contributed by atoms with Crippen molar-refractivity contribution in [3.63, 3.8) is 0 Å². The first kappa shape index (κ1) is 15.6. The molecule has 5 nitrogen and oxygen atoms in total. The fourth-order valence-corrected chi connectivity index (χ4v) is 2.15. The van der Waals surface area contributed by atoms with E-state index in [1.165, 1.54) is 30.6 Å². The van der Waals surface area contributed by atoms with E-state index in [-0.39, 0.29) is 11.5 Å². The van der Waals surface area contributed by atoms with Crippen LogP contribution in [0.5, 0.6) is 0 Å². The zero-order valence-electron chi connectivity index (χ0n) is 13.0. The quantitative estimate of drug-likeness (QED) is 0.764. The van der Waals surface area contributed by atoms with Crippen molar-refractivity contribution >= 4 is 23.1 Å². The largest absolute Gasteiger partial charge is 0.340 e. The summed E-state index contributed by atoms with van der Waals surface area (Å²) in [6, 6.07) is 14.9. The van der Waals surface area contributed by atoms with E-state index in [0.717, 1.165) is 11.3 Å². The minimum atomic E-state index is -0.392. The smallest absolute Gasteiger partial charge is 0.274 e. The molecule has 2 aromatic carbocycles. The second-order valence-electron chi connectivity index (χ2n) is 5.24. The Hall–Kier alpha value is -3.28. The molecular weight excluding hydrogens is 307 g/mol. The van der Waals surface area contributed by atoms with E-state index in [2.05, 4.69) is 20.6 Å². The van der Waals surface area contributed by atoms with Crippen molar-refractivity contribution < 1.29 is 9.18 Å². The third-order valence-electron chi connectivity index (χ3n) is 3.29. The number of halogens is 1. The van der Waals surface area contributed by atoms with Gasteiger partial charge in [-0.25, -0.2) is 14.4 Å². The van der Waals surface area contributed by atoms with Crippen LogP contribution >= 0.6 is 0 Å². The van der Waals surface area contributed by atoms with Crippen LogP contribution in [0.4, 0.5) is 21.6 Å². The Morgan fingerprint density at radius 1 is 1.00 bits per heavy atom. The molecule has 0 saturated heterocycles. The van der Waals surface area contributed by atoms with Gasteiger partial charge >= 0.3 is 0 Å². The van der Waals surface area contributed by atoms with Crippen molar-refractivity contribution in [2.75, 3.05) is 10.6 Å². The molecular formula is C18H15FN4O. The van der Waals surface area contributed by atoms with Crippen molar-refractivity contribution in [2.24, 2.45) is 0 Å². The second-order valence-corrected chi connectivity index (χ2v) is 5.24. The minimum absolute atomic E-state index is 0.212. The molecule has 3 aromatic rings. The topological polar surface area (TPSA) is 66.9 Å². The monoisotopic (exact) mass is 322 g/mol. The molecule has 1 heterocycles. The van der Waals surface area contributed by atoms with E-state index in [9.17, 15) is 9.18 Å². The number of nitrogens with one attached hydrogen (secondary N) is 2. The molecule has 0 atom stereocenters. The third kappa shape index (κ3) is 3.92. The summed E-state index contributed by atoms with van der Waals surface area (Å²) in [7, 11) is 0. The fourth-order valence-electron chi connectivity index (χ4n) is 2.15. The number of benzene rings is 2. The van der Waals surface area contributed by atoms with Crippen molar-refractivity contribution in [1.82, 2.24) is 9.97 Å². The normalized spacial score (nSPS) is 10.2. The molecule has 0 aliphatic carbocycles. The van der Waals surface area contributed by atoms with E-state index >= 15 is 0 Å². The van der Waals surface area contributed by atoms with Crippen molar-refractivity contribution in [1.29, 1.82) is 0 Å². The zero-order chi connectivity index (χ0) is 16.9. The van der Waals surface area contributed by atoms with Crippen LogP contribution in [0, 0.1) is 12.7 Å². The molecule has 24 heavy (non-hydrogen) atoms. The molecule has 1 aromatic heterocycles. The SMILES string of the molecule is Cc1cccc(Nc2cc(C(=O)Nc3ccc(F)cc3)ncn2)c1.